The molecular weight excluding hydrogens is 308 g/mol. The SMILES string of the molecule is Cc1cc(Cl)c(NCc2cc(F)cc(Cl)c2)cc1Cl. The lowest BCUT2D eigenvalue weighted by Crippen LogP contribution is -2.01. The molecule has 100 valence electrons. The van der Waals surface area contributed by atoms with Crippen molar-refractivity contribution in [3.05, 3.63) is 62.3 Å². The molecule has 0 radical (unpaired) electrons. The monoisotopic (exact) mass is 317 g/mol. The molecule has 0 amide bonds. The summed E-state index contributed by atoms with van der Waals surface area (Å²) in [6.07, 6.45) is 0. The second kappa shape index (κ2) is 6.00. The van der Waals surface area contributed by atoms with Gasteiger partial charge in [0.25, 0.3) is 0 Å². The summed E-state index contributed by atoms with van der Waals surface area (Å²) in [6.45, 7) is 2.29. The van der Waals surface area contributed by atoms with Gasteiger partial charge in [-0.05, 0) is 48.4 Å². The predicted octanol–water partition coefficient (Wildman–Crippen LogP) is 5.71. The van der Waals surface area contributed by atoms with E-state index < -0.39 is 0 Å². The second-order valence-electron chi connectivity index (χ2n) is 4.21. The Morgan fingerprint density at radius 1 is 1.00 bits per heavy atom. The van der Waals surface area contributed by atoms with Crippen molar-refractivity contribution in [1.82, 2.24) is 0 Å². The van der Waals surface area contributed by atoms with Gasteiger partial charge in [-0.1, -0.05) is 34.8 Å². The molecule has 0 bridgehead atoms. The molecule has 0 aliphatic rings. The van der Waals surface area contributed by atoms with Crippen molar-refractivity contribution in [2.75, 3.05) is 5.32 Å². The number of nitrogens with one attached hydrogen (secondary N) is 1. The highest BCUT2D eigenvalue weighted by molar-refractivity contribution is 6.35. The second-order valence-corrected chi connectivity index (χ2v) is 5.46. The molecule has 0 saturated heterocycles. The molecule has 0 aliphatic carbocycles. The van der Waals surface area contributed by atoms with E-state index in [4.69, 9.17) is 34.8 Å². The summed E-state index contributed by atoms with van der Waals surface area (Å²) in [5.74, 6) is -0.364. The summed E-state index contributed by atoms with van der Waals surface area (Å²) in [4.78, 5) is 0. The zero-order chi connectivity index (χ0) is 14.0. The van der Waals surface area contributed by atoms with Gasteiger partial charge >= 0.3 is 0 Å². The van der Waals surface area contributed by atoms with E-state index in [0.717, 1.165) is 11.1 Å². The Balaban J connectivity index is 2.16. The third-order valence-electron chi connectivity index (χ3n) is 2.65. The third-order valence-corrected chi connectivity index (χ3v) is 3.59. The van der Waals surface area contributed by atoms with Crippen molar-refractivity contribution in [3.8, 4) is 0 Å². The number of aryl methyl sites for hydroxylation is 1. The van der Waals surface area contributed by atoms with E-state index in [1.165, 1.54) is 12.1 Å². The van der Waals surface area contributed by atoms with Crippen molar-refractivity contribution in [3.63, 3.8) is 0 Å². The van der Waals surface area contributed by atoms with Crippen LogP contribution in [0.4, 0.5) is 10.1 Å². The third kappa shape index (κ3) is 3.75. The Labute approximate surface area is 126 Å². The van der Waals surface area contributed by atoms with Gasteiger partial charge in [0.2, 0.25) is 0 Å². The molecule has 2 rings (SSSR count). The largest absolute Gasteiger partial charge is 0.380 e. The standard InChI is InChI=1S/C14H11Cl3FN/c1-8-2-13(17)14(6-12(8)16)19-7-9-3-10(15)5-11(18)4-9/h2-6,19H,7H2,1H3. The zero-order valence-electron chi connectivity index (χ0n) is 10.1. The van der Waals surface area contributed by atoms with Gasteiger partial charge in [-0.2, -0.15) is 0 Å². The first-order valence-corrected chi connectivity index (χ1v) is 6.73. The quantitative estimate of drug-likeness (QED) is 0.764. The van der Waals surface area contributed by atoms with Crippen LogP contribution < -0.4 is 5.32 Å². The Bertz CT molecular complexity index is 594. The molecule has 0 aromatic heterocycles. The molecule has 0 fully saturated rings. The average Bonchev–Trinajstić information content (AvgIpc) is 2.31. The van der Waals surface area contributed by atoms with Gasteiger partial charge in [-0.3, -0.25) is 0 Å². The summed E-state index contributed by atoms with van der Waals surface area (Å²) >= 11 is 17.9. The highest BCUT2D eigenvalue weighted by Gasteiger charge is 2.05. The van der Waals surface area contributed by atoms with Crippen LogP contribution in [-0.2, 0) is 6.54 Å². The van der Waals surface area contributed by atoms with Gasteiger partial charge in [0, 0.05) is 16.6 Å². The summed E-state index contributed by atoms with van der Waals surface area (Å²) < 4.78 is 13.2. The number of halogens is 4. The van der Waals surface area contributed by atoms with Crippen molar-refractivity contribution in [1.29, 1.82) is 0 Å². The summed E-state index contributed by atoms with van der Waals surface area (Å²) in [6, 6.07) is 7.91. The molecule has 0 aliphatic heterocycles. The highest BCUT2D eigenvalue weighted by atomic mass is 35.5. The van der Waals surface area contributed by atoms with Crippen LogP contribution in [0, 0.1) is 12.7 Å². The van der Waals surface area contributed by atoms with Crippen molar-refractivity contribution in [2.45, 2.75) is 13.5 Å². The fourth-order valence-corrected chi connectivity index (χ4v) is 2.39. The molecule has 1 nitrogen and oxygen atoms in total. The van der Waals surface area contributed by atoms with Crippen LogP contribution in [0.15, 0.2) is 30.3 Å². The van der Waals surface area contributed by atoms with Gasteiger partial charge in [0.15, 0.2) is 0 Å². The van der Waals surface area contributed by atoms with E-state index in [1.807, 2.05) is 6.92 Å². The van der Waals surface area contributed by atoms with Gasteiger partial charge in [-0.15, -0.1) is 0 Å². The first-order chi connectivity index (χ1) is 8.95. The molecule has 19 heavy (non-hydrogen) atoms. The first kappa shape index (κ1) is 14.4. The van der Waals surface area contributed by atoms with E-state index in [-0.39, 0.29) is 5.82 Å². The predicted molar refractivity (Wildman–Crippen MR) is 79.9 cm³/mol. The molecular formula is C14H11Cl3FN. The van der Waals surface area contributed by atoms with Gasteiger partial charge in [-0.25, -0.2) is 4.39 Å². The summed E-state index contributed by atoms with van der Waals surface area (Å²) in [7, 11) is 0. The molecule has 0 atom stereocenters. The van der Waals surface area contributed by atoms with Crippen LogP contribution in [0.2, 0.25) is 15.1 Å². The minimum Gasteiger partial charge on any atom is -0.380 e. The molecule has 2 aromatic carbocycles. The topological polar surface area (TPSA) is 12.0 Å². The van der Waals surface area contributed by atoms with E-state index >= 15 is 0 Å². The normalized spacial score (nSPS) is 10.6. The van der Waals surface area contributed by atoms with Gasteiger partial charge in [0.1, 0.15) is 5.82 Å². The maximum Gasteiger partial charge on any atom is 0.125 e. The minimum absolute atomic E-state index is 0.364. The van der Waals surface area contributed by atoms with Gasteiger partial charge in [0.05, 0.1) is 10.7 Å². The number of anilines is 1. The fourth-order valence-electron chi connectivity index (χ4n) is 1.69. The molecule has 0 unspecified atom stereocenters. The number of hydrogen-bond acceptors (Lipinski definition) is 1. The van der Waals surface area contributed by atoms with Gasteiger partial charge < -0.3 is 5.32 Å². The molecule has 0 heterocycles. The fraction of sp³-hybridized carbons (Fsp3) is 0.143. The highest BCUT2D eigenvalue weighted by Crippen LogP contribution is 2.29. The molecule has 5 heteroatoms. The van der Waals surface area contributed by atoms with Crippen LogP contribution in [0.3, 0.4) is 0 Å². The van der Waals surface area contributed by atoms with Crippen LogP contribution in [-0.4, -0.2) is 0 Å². The van der Waals surface area contributed by atoms with Crippen molar-refractivity contribution >= 4 is 40.5 Å². The van der Waals surface area contributed by atoms with Crippen LogP contribution in [0.25, 0.3) is 0 Å². The molecule has 0 saturated carbocycles. The smallest absolute Gasteiger partial charge is 0.125 e. The maximum absolute atomic E-state index is 13.2. The lowest BCUT2D eigenvalue weighted by atomic mass is 10.2. The molecule has 0 spiro atoms. The lowest BCUT2D eigenvalue weighted by Gasteiger charge is -2.11. The Hall–Kier alpha value is -0.960. The number of hydrogen-bond donors (Lipinski definition) is 1. The van der Waals surface area contributed by atoms with E-state index in [1.54, 1.807) is 18.2 Å². The van der Waals surface area contributed by atoms with E-state index in [0.29, 0.717) is 27.3 Å². The lowest BCUT2D eigenvalue weighted by molar-refractivity contribution is 0.626. The Morgan fingerprint density at radius 2 is 1.74 bits per heavy atom. The average molecular weight is 319 g/mol. The number of rotatable bonds is 3. The molecule has 1 N–H and O–H groups in total. The Morgan fingerprint density at radius 3 is 2.42 bits per heavy atom. The van der Waals surface area contributed by atoms with Crippen molar-refractivity contribution < 1.29 is 4.39 Å². The van der Waals surface area contributed by atoms with Crippen LogP contribution in [0.1, 0.15) is 11.1 Å². The summed E-state index contributed by atoms with van der Waals surface area (Å²) in [5, 5.41) is 4.68. The minimum atomic E-state index is -0.364. The van der Waals surface area contributed by atoms with Crippen LogP contribution in [0.5, 0.6) is 0 Å². The van der Waals surface area contributed by atoms with E-state index in [2.05, 4.69) is 5.32 Å². The van der Waals surface area contributed by atoms with E-state index in [9.17, 15) is 4.39 Å². The maximum atomic E-state index is 13.2. The zero-order valence-corrected chi connectivity index (χ0v) is 12.4. The summed E-state index contributed by atoms with van der Waals surface area (Å²) in [5.41, 5.74) is 2.35. The Kier molecular flexibility index (Phi) is 4.56. The van der Waals surface area contributed by atoms with Crippen LogP contribution >= 0.6 is 34.8 Å². The molecule has 2 aromatic rings. The van der Waals surface area contributed by atoms with Crippen molar-refractivity contribution in [2.24, 2.45) is 0 Å². The first-order valence-electron chi connectivity index (χ1n) is 5.60. The number of benzene rings is 2.